The maximum atomic E-state index is 13.2. The van der Waals surface area contributed by atoms with Crippen LogP contribution in [0, 0.1) is 11.6 Å². The van der Waals surface area contributed by atoms with Crippen molar-refractivity contribution in [2.45, 2.75) is 4.90 Å². The van der Waals surface area contributed by atoms with E-state index in [-0.39, 0.29) is 26.4 Å². The normalized spacial score (nSPS) is 11.7. The van der Waals surface area contributed by atoms with Crippen LogP contribution in [0.2, 0.25) is 0 Å². The number of aliphatic hydroxyl groups is 1. The Labute approximate surface area is 103 Å². The maximum absolute atomic E-state index is 13.2. The van der Waals surface area contributed by atoms with Crippen LogP contribution in [0.15, 0.2) is 23.1 Å². The topological polar surface area (TPSA) is 75.6 Å². The fourth-order valence-electron chi connectivity index (χ4n) is 1.18. The molecular weight excluding hydrogens is 268 g/mol. The van der Waals surface area contributed by atoms with Crippen molar-refractivity contribution in [3.05, 3.63) is 29.8 Å². The summed E-state index contributed by atoms with van der Waals surface area (Å²) in [6, 6.07) is 2.18. The fourth-order valence-corrected chi connectivity index (χ4v) is 2.28. The van der Waals surface area contributed by atoms with E-state index in [1.54, 1.807) is 0 Å². The molecule has 0 atom stereocenters. The van der Waals surface area contributed by atoms with Gasteiger partial charge in [-0.1, -0.05) is 0 Å². The highest BCUT2D eigenvalue weighted by molar-refractivity contribution is 7.89. The lowest BCUT2D eigenvalue weighted by Crippen LogP contribution is -2.28. The standard InChI is InChI=1S/C10H13F2NO4S/c11-8-1-2-9(12)10(7-8)18(15,16)13-3-5-17-6-4-14/h1-2,7,13-14H,3-6H2. The Balaban J connectivity index is 2.66. The summed E-state index contributed by atoms with van der Waals surface area (Å²) in [5.74, 6) is -1.87. The minimum absolute atomic E-state index is 0.0245. The van der Waals surface area contributed by atoms with Crippen molar-refractivity contribution in [3.63, 3.8) is 0 Å². The van der Waals surface area contributed by atoms with Gasteiger partial charge in [0, 0.05) is 6.54 Å². The van der Waals surface area contributed by atoms with Gasteiger partial charge in [-0.15, -0.1) is 0 Å². The van der Waals surface area contributed by atoms with Crippen LogP contribution in [-0.2, 0) is 14.8 Å². The summed E-state index contributed by atoms with van der Waals surface area (Å²) in [4.78, 5) is -0.746. The molecule has 8 heteroatoms. The molecule has 0 unspecified atom stereocenters. The molecule has 1 rings (SSSR count). The van der Waals surface area contributed by atoms with Gasteiger partial charge in [-0.25, -0.2) is 21.9 Å². The van der Waals surface area contributed by atoms with Crippen molar-refractivity contribution in [1.82, 2.24) is 4.72 Å². The zero-order valence-corrected chi connectivity index (χ0v) is 10.2. The van der Waals surface area contributed by atoms with Crippen LogP contribution in [0.1, 0.15) is 0 Å². The van der Waals surface area contributed by atoms with Crippen molar-refractivity contribution in [3.8, 4) is 0 Å². The van der Waals surface area contributed by atoms with Gasteiger partial charge in [0.2, 0.25) is 10.0 Å². The van der Waals surface area contributed by atoms with E-state index in [1.807, 2.05) is 0 Å². The fraction of sp³-hybridized carbons (Fsp3) is 0.400. The van der Waals surface area contributed by atoms with Gasteiger partial charge < -0.3 is 9.84 Å². The molecule has 5 nitrogen and oxygen atoms in total. The van der Waals surface area contributed by atoms with Gasteiger partial charge in [0.05, 0.1) is 19.8 Å². The minimum Gasteiger partial charge on any atom is -0.394 e. The average Bonchev–Trinajstić information content (AvgIpc) is 2.32. The molecule has 0 aliphatic rings. The van der Waals surface area contributed by atoms with Crippen molar-refractivity contribution < 1.29 is 27.0 Å². The highest BCUT2D eigenvalue weighted by Gasteiger charge is 2.19. The number of hydrogen-bond acceptors (Lipinski definition) is 4. The Hall–Kier alpha value is -1.09. The first-order chi connectivity index (χ1) is 8.47. The largest absolute Gasteiger partial charge is 0.394 e. The van der Waals surface area contributed by atoms with Crippen LogP contribution in [0.5, 0.6) is 0 Å². The molecular formula is C10H13F2NO4S. The second kappa shape index (κ2) is 6.74. The van der Waals surface area contributed by atoms with Crippen LogP contribution in [0.25, 0.3) is 0 Å². The van der Waals surface area contributed by atoms with Gasteiger partial charge in [-0.2, -0.15) is 0 Å². The summed E-state index contributed by atoms with van der Waals surface area (Å²) in [6.07, 6.45) is 0. The van der Waals surface area contributed by atoms with E-state index in [0.29, 0.717) is 6.07 Å². The predicted molar refractivity (Wildman–Crippen MR) is 59.5 cm³/mol. The molecule has 0 amide bonds. The summed E-state index contributed by atoms with van der Waals surface area (Å²) >= 11 is 0. The highest BCUT2D eigenvalue weighted by Crippen LogP contribution is 2.15. The van der Waals surface area contributed by atoms with Gasteiger partial charge in [-0.05, 0) is 18.2 Å². The third kappa shape index (κ3) is 4.30. The molecule has 0 saturated heterocycles. The monoisotopic (exact) mass is 281 g/mol. The summed E-state index contributed by atoms with van der Waals surface area (Å²) in [5, 5.41) is 8.42. The molecule has 18 heavy (non-hydrogen) atoms. The second-order valence-electron chi connectivity index (χ2n) is 3.31. The number of sulfonamides is 1. The number of benzene rings is 1. The molecule has 0 heterocycles. The van der Waals surface area contributed by atoms with Gasteiger partial charge in [0.1, 0.15) is 16.5 Å². The van der Waals surface area contributed by atoms with E-state index in [1.165, 1.54) is 0 Å². The van der Waals surface area contributed by atoms with Gasteiger partial charge in [0.25, 0.3) is 0 Å². The average molecular weight is 281 g/mol. The summed E-state index contributed by atoms with van der Waals surface area (Å²) < 4.78 is 56.2. The highest BCUT2D eigenvalue weighted by atomic mass is 32.2. The molecule has 0 aromatic heterocycles. The molecule has 0 saturated carbocycles. The Morgan fingerprint density at radius 3 is 2.67 bits per heavy atom. The lowest BCUT2D eigenvalue weighted by molar-refractivity contribution is 0.0961. The zero-order chi connectivity index (χ0) is 13.6. The van der Waals surface area contributed by atoms with Crippen LogP contribution in [-0.4, -0.2) is 39.9 Å². The van der Waals surface area contributed by atoms with E-state index in [2.05, 4.69) is 4.72 Å². The molecule has 1 aromatic rings. The maximum Gasteiger partial charge on any atom is 0.243 e. The van der Waals surface area contributed by atoms with Crippen LogP contribution in [0.4, 0.5) is 8.78 Å². The third-order valence-electron chi connectivity index (χ3n) is 1.96. The smallest absolute Gasteiger partial charge is 0.243 e. The molecule has 0 aliphatic heterocycles. The Kier molecular flexibility index (Phi) is 5.60. The SMILES string of the molecule is O=S(=O)(NCCOCCO)c1cc(F)ccc1F. The van der Waals surface area contributed by atoms with Crippen molar-refractivity contribution in [2.75, 3.05) is 26.4 Å². The summed E-state index contributed by atoms with van der Waals surface area (Å²) in [6.45, 7) is -0.170. The first kappa shape index (κ1) is 15.0. The lowest BCUT2D eigenvalue weighted by Gasteiger charge is -2.07. The number of rotatable bonds is 7. The van der Waals surface area contributed by atoms with E-state index in [4.69, 9.17) is 9.84 Å². The van der Waals surface area contributed by atoms with Crippen LogP contribution < -0.4 is 4.72 Å². The van der Waals surface area contributed by atoms with Gasteiger partial charge in [-0.3, -0.25) is 0 Å². The molecule has 0 spiro atoms. The van der Waals surface area contributed by atoms with Crippen molar-refractivity contribution in [1.29, 1.82) is 0 Å². The first-order valence-electron chi connectivity index (χ1n) is 5.10. The molecule has 102 valence electrons. The number of nitrogens with one attached hydrogen (secondary N) is 1. The molecule has 0 fully saturated rings. The molecule has 0 aliphatic carbocycles. The first-order valence-corrected chi connectivity index (χ1v) is 6.59. The predicted octanol–water partition coefficient (Wildman–Crippen LogP) is 0.252. The number of aliphatic hydroxyl groups excluding tert-OH is 1. The Bertz CT molecular complexity index is 493. The Morgan fingerprint density at radius 2 is 2.00 bits per heavy atom. The number of halogens is 2. The minimum atomic E-state index is -4.11. The lowest BCUT2D eigenvalue weighted by atomic mass is 10.3. The molecule has 0 bridgehead atoms. The van der Waals surface area contributed by atoms with Gasteiger partial charge >= 0.3 is 0 Å². The van der Waals surface area contributed by atoms with E-state index in [9.17, 15) is 17.2 Å². The summed E-state index contributed by atoms with van der Waals surface area (Å²) in [5.41, 5.74) is 0. The number of ether oxygens (including phenoxy) is 1. The molecule has 0 radical (unpaired) electrons. The number of hydrogen-bond donors (Lipinski definition) is 2. The third-order valence-corrected chi connectivity index (χ3v) is 3.43. The van der Waals surface area contributed by atoms with Crippen LogP contribution in [0.3, 0.4) is 0 Å². The van der Waals surface area contributed by atoms with Crippen LogP contribution >= 0.6 is 0 Å². The molecule has 1 aromatic carbocycles. The second-order valence-corrected chi connectivity index (χ2v) is 5.04. The van der Waals surface area contributed by atoms with E-state index >= 15 is 0 Å². The molecule has 2 N–H and O–H groups in total. The van der Waals surface area contributed by atoms with Crippen molar-refractivity contribution >= 4 is 10.0 Å². The van der Waals surface area contributed by atoms with Gasteiger partial charge in [0.15, 0.2) is 0 Å². The Morgan fingerprint density at radius 1 is 1.28 bits per heavy atom. The quantitative estimate of drug-likeness (QED) is 0.703. The van der Waals surface area contributed by atoms with E-state index < -0.39 is 26.6 Å². The van der Waals surface area contributed by atoms with E-state index in [0.717, 1.165) is 12.1 Å². The van der Waals surface area contributed by atoms with Crippen molar-refractivity contribution in [2.24, 2.45) is 0 Å². The summed E-state index contributed by atoms with van der Waals surface area (Å²) in [7, 11) is -4.11. The zero-order valence-electron chi connectivity index (χ0n) is 9.40.